The Balaban J connectivity index is 2.04. The van der Waals surface area contributed by atoms with E-state index in [9.17, 15) is 31.9 Å². The highest BCUT2D eigenvalue weighted by atomic mass is 19.4. The Kier molecular flexibility index (Phi) is 7.23. The number of halogens is 5. The number of ketones is 1. The molecule has 0 saturated carbocycles. The molecule has 0 aliphatic rings. The van der Waals surface area contributed by atoms with Crippen molar-refractivity contribution < 1.29 is 31.9 Å². The summed E-state index contributed by atoms with van der Waals surface area (Å²) in [5.74, 6) is -1.89. The van der Waals surface area contributed by atoms with Crippen LogP contribution in [0.15, 0.2) is 72.8 Å². The number of pyridine rings is 1. The second kappa shape index (κ2) is 10.2. The number of aliphatic hydroxyl groups is 1. The molecule has 0 aliphatic carbocycles. The molecule has 0 bridgehead atoms. The Morgan fingerprint density at radius 2 is 1.35 bits per heavy atom. The third-order valence-electron chi connectivity index (χ3n) is 5.98. The highest BCUT2D eigenvalue weighted by molar-refractivity contribution is 6.14. The van der Waals surface area contributed by atoms with Crippen LogP contribution in [0.5, 0.6) is 0 Å². The fourth-order valence-corrected chi connectivity index (χ4v) is 4.18. The molecule has 0 amide bonds. The zero-order valence-corrected chi connectivity index (χ0v) is 19.9. The summed E-state index contributed by atoms with van der Waals surface area (Å²) in [6, 6.07) is 14.6. The van der Waals surface area contributed by atoms with Crippen molar-refractivity contribution in [3.63, 3.8) is 0 Å². The molecule has 0 aliphatic heterocycles. The number of nitrogens with zero attached hydrogens (tertiary/aromatic N) is 1. The molecule has 0 fully saturated rings. The molecule has 0 spiro atoms. The van der Waals surface area contributed by atoms with Crippen molar-refractivity contribution in [3.05, 3.63) is 112 Å². The molecule has 3 aromatic carbocycles. The predicted molar refractivity (Wildman–Crippen MR) is 130 cm³/mol. The minimum atomic E-state index is -4.56. The standard InChI is InChI=1S/C29H22F5NO2/c1-16(2)26-25(28(37)19-3-9-20(10-4-19)29(32,33)34)24(17-5-11-21(30)12-6-17)23(15-36)27(35-26)18-7-13-22(31)14-8-18/h3-14,16,36H,15H2,1-2H3. The number of alkyl halides is 3. The van der Waals surface area contributed by atoms with Crippen LogP contribution < -0.4 is 0 Å². The summed E-state index contributed by atoms with van der Waals surface area (Å²) in [5.41, 5.74) is 1.28. The molecule has 3 nitrogen and oxygen atoms in total. The summed E-state index contributed by atoms with van der Waals surface area (Å²) in [5, 5.41) is 10.4. The Morgan fingerprint density at radius 3 is 1.81 bits per heavy atom. The van der Waals surface area contributed by atoms with Crippen LogP contribution in [0.4, 0.5) is 22.0 Å². The molecular weight excluding hydrogens is 489 g/mol. The average Bonchev–Trinajstić information content (AvgIpc) is 2.87. The fraction of sp³-hybridized carbons (Fsp3) is 0.172. The van der Waals surface area contributed by atoms with E-state index in [1.807, 2.05) is 0 Å². The quantitative estimate of drug-likeness (QED) is 0.215. The number of carbonyl (C=O) groups is 1. The summed E-state index contributed by atoms with van der Waals surface area (Å²) in [6.07, 6.45) is -4.56. The summed E-state index contributed by atoms with van der Waals surface area (Å²) in [6.45, 7) is 3.04. The van der Waals surface area contributed by atoms with E-state index in [2.05, 4.69) is 0 Å². The summed E-state index contributed by atoms with van der Waals surface area (Å²) >= 11 is 0. The number of hydrogen-bond donors (Lipinski definition) is 1. The lowest BCUT2D eigenvalue weighted by molar-refractivity contribution is -0.137. The van der Waals surface area contributed by atoms with Crippen LogP contribution in [-0.2, 0) is 12.8 Å². The minimum Gasteiger partial charge on any atom is -0.392 e. The van der Waals surface area contributed by atoms with Gasteiger partial charge in [0.15, 0.2) is 5.78 Å². The van der Waals surface area contributed by atoms with Gasteiger partial charge < -0.3 is 5.11 Å². The van der Waals surface area contributed by atoms with Crippen molar-refractivity contribution in [2.45, 2.75) is 32.5 Å². The minimum absolute atomic E-state index is 0.00140. The highest BCUT2D eigenvalue weighted by Gasteiger charge is 2.31. The van der Waals surface area contributed by atoms with Gasteiger partial charge in [-0.25, -0.2) is 8.78 Å². The number of aromatic nitrogens is 1. The predicted octanol–water partition coefficient (Wildman–Crippen LogP) is 7.56. The number of rotatable bonds is 6. The molecule has 4 rings (SSSR count). The summed E-state index contributed by atoms with van der Waals surface area (Å²) < 4.78 is 66.6. The zero-order chi connectivity index (χ0) is 26.9. The molecule has 190 valence electrons. The van der Waals surface area contributed by atoms with Gasteiger partial charge in [-0.05, 0) is 60.0 Å². The number of hydrogen-bond acceptors (Lipinski definition) is 3. The summed E-state index contributed by atoms with van der Waals surface area (Å²) in [4.78, 5) is 18.5. The Bertz CT molecular complexity index is 1430. The molecule has 4 aromatic rings. The van der Waals surface area contributed by atoms with Gasteiger partial charge in [-0.2, -0.15) is 13.2 Å². The molecule has 0 atom stereocenters. The van der Waals surface area contributed by atoms with Crippen LogP contribution in [0, 0.1) is 11.6 Å². The maximum atomic E-state index is 13.8. The lowest BCUT2D eigenvalue weighted by Gasteiger charge is -2.22. The normalized spacial score (nSPS) is 11.7. The van der Waals surface area contributed by atoms with E-state index in [1.54, 1.807) is 13.8 Å². The fourth-order valence-electron chi connectivity index (χ4n) is 4.18. The van der Waals surface area contributed by atoms with Gasteiger partial charge in [0.2, 0.25) is 0 Å². The van der Waals surface area contributed by atoms with E-state index in [0.29, 0.717) is 22.5 Å². The number of aliphatic hydroxyl groups excluding tert-OH is 1. The monoisotopic (exact) mass is 511 g/mol. The van der Waals surface area contributed by atoms with Crippen molar-refractivity contribution in [3.8, 4) is 22.4 Å². The Hall–Kier alpha value is -3.91. The van der Waals surface area contributed by atoms with Crippen LogP contribution in [0.25, 0.3) is 22.4 Å². The molecule has 1 aromatic heterocycles. The zero-order valence-electron chi connectivity index (χ0n) is 19.9. The van der Waals surface area contributed by atoms with Crippen molar-refractivity contribution in [2.75, 3.05) is 0 Å². The van der Waals surface area contributed by atoms with Gasteiger partial charge in [-0.1, -0.05) is 38.1 Å². The first kappa shape index (κ1) is 26.2. The molecule has 0 unspecified atom stereocenters. The van der Waals surface area contributed by atoms with Crippen LogP contribution in [0.3, 0.4) is 0 Å². The SMILES string of the molecule is CC(C)c1nc(-c2ccc(F)cc2)c(CO)c(-c2ccc(F)cc2)c1C(=O)c1ccc(C(F)(F)F)cc1. The lowest BCUT2D eigenvalue weighted by atomic mass is 9.84. The van der Waals surface area contributed by atoms with E-state index in [0.717, 1.165) is 24.3 Å². The van der Waals surface area contributed by atoms with E-state index >= 15 is 0 Å². The lowest BCUT2D eigenvalue weighted by Crippen LogP contribution is -2.15. The van der Waals surface area contributed by atoms with E-state index < -0.39 is 35.8 Å². The topological polar surface area (TPSA) is 50.2 Å². The van der Waals surface area contributed by atoms with Gasteiger partial charge in [0.25, 0.3) is 0 Å². The molecule has 37 heavy (non-hydrogen) atoms. The molecule has 0 radical (unpaired) electrons. The van der Waals surface area contributed by atoms with Crippen molar-refractivity contribution >= 4 is 5.78 Å². The van der Waals surface area contributed by atoms with Crippen LogP contribution in [0.1, 0.15) is 52.5 Å². The second-order valence-corrected chi connectivity index (χ2v) is 8.81. The largest absolute Gasteiger partial charge is 0.416 e. The first-order valence-corrected chi connectivity index (χ1v) is 11.4. The third kappa shape index (κ3) is 5.29. The first-order valence-electron chi connectivity index (χ1n) is 11.4. The molecule has 0 saturated heterocycles. The molecular formula is C29H22F5NO2. The third-order valence-corrected chi connectivity index (χ3v) is 5.98. The molecule has 8 heteroatoms. The maximum absolute atomic E-state index is 13.8. The van der Waals surface area contributed by atoms with Crippen molar-refractivity contribution in [1.82, 2.24) is 4.98 Å². The number of carbonyl (C=O) groups excluding carboxylic acids is 1. The van der Waals surface area contributed by atoms with Crippen molar-refractivity contribution in [2.24, 2.45) is 0 Å². The summed E-state index contributed by atoms with van der Waals surface area (Å²) in [7, 11) is 0. The van der Waals surface area contributed by atoms with E-state index in [-0.39, 0.29) is 28.2 Å². The van der Waals surface area contributed by atoms with Gasteiger partial charge in [0, 0.05) is 22.3 Å². The Morgan fingerprint density at radius 1 is 0.838 bits per heavy atom. The average molecular weight is 511 g/mol. The number of benzene rings is 3. The molecule has 1 heterocycles. The van der Waals surface area contributed by atoms with Gasteiger partial charge in [0.1, 0.15) is 11.6 Å². The highest BCUT2D eigenvalue weighted by Crippen LogP contribution is 2.39. The first-order chi connectivity index (χ1) is 17.5. The smallest absolute Gasteiger partial charge is 0.392 e. The van der Waals surface area contributed by atoms with Gasteiger partial charge in [-0.3, -0.25) is 9.78 Å². The van der Waals surface area contributed by atoms with E-state index in [1.165, 1.54) is 48.5 Å². The van der Waals surface area contributed by atoms with Gasteiger partial charge in [0.05, 0.1) is 29.1 Å². The van der Waals surface area contributed by atoms with Gasteiger partial charge >= 0.3 is 6.18 Å². The second-order valence-electron chi connectivity index (χ2n) is 8.81. The maximum Gasteiger partial charge on any atom is 0.416 e. The van der Waals surface area contributed by atoms with Crippen LogP contribution in [-0.4, -0.2) is 15.9 Å². The van der Waals surface area contributed by atoms with Crippen LogP contribution in [0.2, 0.25) is 0 Å². The van der Waals surface area contributed by atoms with Gasteiger partial charge in [-0.15, -0.1) is 0 Å². The van der Waals surface area contributed by atoms with Crippen molar-refractivity contribution in [1.29, 1.82) is 0 Å². The van der Waals surface area contributed by atoms with Crippen LogP contribution >= 0.6 is 0 Å². The Labute approximate surface area is 210 Å². The molecule has 1 N–H and O–H groups in total. The van der Waals surface area contributed by atoms with E-state index in [4.69, 9.17) is 4.98 Å².